The molecule has 17 heavy (non-hydrogen) atoms. The van der Waals surface area contributed by atoms with Gasteiger partial charge in [0.25, 0.3) is 0 Å². The number of ether oxygens (including phenoxy) is 1. The molecule has 2 aromatic carbocycles. The smallest absolute Gasteiger partial charge is 0.411 e. The van der Waals surface area contributed by atoms with Crippen LogP contribution < -0.4 is 5.32 Å². The number of carbonyl (C=O) groups excluding carboxylic acids is 1. The summed E-state index contributed by atoms with van der Waals surface area (Å²) in [5.74, 6) is 0. The van der Waals surface area contributed by atoms with Crippen molar-refractivity contribution in [3.8, 4) is 0 Å². The zero-order chi connectivity index (χ0) is 12.1. The lowest BCUT2D eigenvalue weighted by atomic mass is 10.1. The highest BCUT2D eigenvalue weighted by atomic mass is 16.6. The molecule has 0 atom stereocenters. The molecule has 0 saturated carbocycles. The van der Waals surface area contributed by atoms with Gasteiger partial charge in [-0.05, 0) is 22.9 Å². The standard InChI is InChI=1S/C13H13NO3/c15-7-8-17-13(16)14-12-6-5-10-3-1-2-4-11(10)9-12/h1-6,9,15H,7-8H2,(H,14,16). The van der Waals surface area contributed by atoms with Crippen molar-refractivity contribution in [1.29, 1.82) is 0 Å². The van der Waals surface area contributed by atoms with E-state index in [-0.39, 0.29) is 13.2 Å². The van der Waals surface area contributed by atoms with E-state index in [9.17, 15) is 4.79 Å². The summed E-state index contributed by atoms with van der Waals surface area (Å²) in [7, 11) is 0. The van der Waals surface area contributed by atoms with Gasteiger partial charge in [0.15, 0.2) is 0 Å². The van der Waals surface area contributed by atoms with E-state index in [4.69, 9.17) is 9.84 Å². The van der Waals surface area contributed by atoms with E-state index < -0.39 is 6.09 Å². The molecule has 0 spiro atoms. The van der Waals surface area contributed by atoms with E-state index in [1.807, 2.05) is 42.5 Å². The van der Waals surface area contributed by atoms with Crippen LogP contribution in [0.25, 0.3) is 10.8 Å². The molecule has 4 nitrogen and oxygen atoms in total. The maximum Gasteiger partial charge on any atom is 0.411 e. The fourth-order valence-corrected chi connectivity index (χ4v) is 1.56. The van der Waals surface area contributed by atoms with Crippen molar-refractivity contribution in [1.82, 2.24) is 0 Å². The zero-order valence-corrected chi connectivity index (χ0v) is 9.22. The summed E-state index contributed by atoms with van der Waals surface area (Å²) in [6.45, 7) is -0.176. The van der Waals surface area contributed by atoms with Crippen LogP contribution in [0.5, 0.6) is 0 Å². The highest BCUT2D eigenvalue weighted by Gasteiger charge is 2.02. The molecule has 2 rings (SSSR count). The van der Waals surface area contributed by atoms with E-state index in [1.54, 1.807) is 0 Å². The SMILES string of the molecule is O=C(Nc1ccc2ccccc2c1)OCCO. The largest absolute Gasteiger partial charge is 0.447 e. The number of rotatable bonds is 3. The van der Waals surface area contributed by atoms with Crippen LogP contribution in [-0.4, -0.2) is 24.4 Å². The number of aliphatic hydroxyl groups excluding tert-OH is 1. The van der Waals surface area contributed by atoms with Crippen LogP contribution in [0, 0.1) is 0 Å². The lowest BCUT2D eigenvalue weighted by Gasteiger charge is -2.06. The van der Waals surface area contributed by atoms with Crippen molar-refractivity contribution in [3.05, 3.63) is 42.5 Å². The van der Waals surface area contributed by atoms with Gasteiger partial charge in [0.2, 0.25) is 0 Å². The van der Waals surface area contributed by atoms with Gasteiger partial charge < -0.3 is 9.84 Å². The third-order valence-electron chi connectivity index (χ3n) is 2.32. The molecule has 0 bridgehead atoms. The number of hydrogen-bond donors (Lipinski definition) is 2. The van der Waals surface area contributed by atoms with E-state index >= 15 is 0 Å². The summed E-state index contributed by atoms with van der Waals surface area (Å²) in [6, 6.07) is 13.5. The monoisotopic (exact) mass is 231 g/mol. The topological polar surface area (TPSA) is 58.6 Å². The summed E-state index contributed by atoms with van der Waals surface area (Å²) in [6.07, 6.45) is -0.561. The molecule has 0 saturated heterocycles. The van der Waals surface area contributed by atoms with E-state index in [2.05, 4.69) is 5.32 Å². The molecule has 88 valence electrons. The van der Waals surface area contributed by atoms with Gasteiger partial charge in [-0.3, -0.25) is 5.32 Å². The Morgan fingerprint density at radius 1 is 1.18 bits per heavy atom. The molecule has 1 amide bonds. The predicted octanol–water partition coefficient (Wildman–Crippen LogP) is 2.38. The molecule has 0 aliphatic rings. The first-order valence-corrected chi connectivity index (χ1v) is 5.33. The molecule has 0 fully saturated rings. The molecule has 0 aromatic heterocycles. The van der Waals surface area contributed by atoms with Crippen LogP contribution in [0.4, 0.5) is 10.5 Å². The molecule has 0 aliphatic carbocycles. The molecular formula is C13H13NO3. The first kappa shape index (κ1) is 11.4. The number of nitrogens with one attached hydrogen (secondary N) is 1. The van der Waals surface area contributed by atoms with E-state index in [0.29, 0.717) is 5.69 Å². The number of benzene rings is 2. The van der Waals surface area contributed by atoms with Crippen molar-refractivity contribution >= 4 is 22.6 Å². The molecule has 4 heteroatoms. The number of carbonyl (C=O) groups is 1. The van der Waals surface area contributed by atoms with Crippen LogP contribution >= 0.6 is 0 Å². The fraction of sp³-hybridized carbons (Fsp3) is 0.154. The maximum absolute atomic E-state index is 11.3. The Kier molecular flexibility index (Phi) is 3.57. The normalized spacial score (nSPS) is 10.2. The van der Waals surface area contributed by atoms with Gasteiger partial charge in [0.05, 0.1) is 6.61 Å². The Morgan fingerprint density at radius 2 is 1.94 bits per heavy atom. The molecule has 0 unspecified atom stereocenters. The van der Waals surface area contributed by atoms with E-state index in [1.165, 1.54) is 0 Å². The zero-order valence-electron chi connectivity index (χ0n) is 9.22. The number of hydrogen-bond acceptors (Lipinski definition) is 3. The van der Waals surface area contributed by atoms with Crippen molar-refractivity contribution in [2.45, 2.75) is 0 Å². The number of aliphatic hydroxyl groups is 1. The molecule has 0 heterocycles. The van der Waals surface area contributed by atoms with Gasteiger partial charge >= 0.3 is 6.09 Å². The second kappa shape index (κ2) is 5.32. The lowest BCUT2D eigenvalue weighted by Crippen LogP contribution is -2.15. The van der Waals surface area contributed by atoms with Gasteiger partial charge in [0.1, 0.15) is 6.61 Å². The number of amides is 1. The second-order valence-electron chi connectivity index (χ2n) is 3.55. The number of anilines is 1. The minimum Gasteiger partial charge on any atom is -0.447 e. The molecular weight excluding hydrogens is 218 g/mol. The fourth-order valence-electron chi connectivity index (χ4n) is 1.56. The van der Waals surface area contributed by atoms with Crippen molar-refractivity contribution in [2.75, 3.05) is 18.5 Å². The van der Waals surface area contributed by atoms with Gasteiger partial charge in [0, 0.05) is 5.69 Å². The van der Waals surface area contributed by atoms with Crippen LogP contribution in [0.2, 0.25) is 0 Å². The van der Waals surface area contributed by atoms with Crippen molar-refractivity contribution < 1.29 is 14.6 Å². The highest BCUT2D eigenvalue weighted by molar-refractivity contribution is 5.91. The Bertz CT molecular complexity index is 525. The third-order valence-corrected chi connectivity index (χ3v) is 2.32. The average molecular weight is 231 g/mol. The maximum atomic E-state index is 11.3. The van der Waals surface area contributed by atoms with Gasteiger partial charge in [-0.25, -0.2) is 4.79 Å². The number of fused-ring (bicyclic) bond motifs is 1. The summed E-state index contributed by atoms with van der Waals surface area (Å²) in [5, 5.41) is 13.3. The third kappa shape index (κ3) is 2.95. The quantitative estimate of drug-likeness (QED) is 0.852. The summed E-state index contributed by atoms with van der Waals surface area (Å²) < 4.78 is 4.71. The van der Waals surface area contributed by atoms with Gasteiger partial charge in [-0.2, -0.15) is 0 Å². The molecule has 0 radical (unpaired) electrons. The summed E-state index contributed by atoms with van der Waals surface area (Å²) in [4.78, 5) is 11.3. The minimum absolute atomic E-state index is 0.000581. The average Bonchev–Trinajstić information content (AvgIpc) is 2.36. The lowest BCUT2D eigenvalue weighted by molar-refractivity contribution is 0.131. The highest BCUT2D eigenvalue weighted by Crippen LogP contribution is 2.18. The summed E-state index contributed by atoms with van der Waals surface area (Å²) in [5.41, 5.74) is 0.673. The molecule has 0 aliphatic heterocycles. The Morgan fingerprint density at radius 3 is 2.71 bits per heavy atom. The van der Waals surface area contributed by atoms with E-state index in [0.717, 1.165) is 10.8 Å². The van der Waals surface area contributed by atoms with Crippen molar-refractivity contribution in [3.63, 3.8) is 0 Å². The molecule has 2 aromatic rings. The Labute approximate surface area is 98.8 Å². The van der Waals surface area contributed by atoms with Gasteiger partial charge in [-0.1, -0.05) is 30.3 Å². The van der Waals surface area contributed by atoms with Crippen LogP contribution in [0.1, 0.15) is 0 Å². The Balaban J connectivity index is 2.11. The van der Waals surface area contributed by atoms with Crippen molar-refractivity contribution in [2.24, 2.45) is 0 Å². The predicted molar refractivity (Wildman–Crippen MR) is 66.0 cm³/mol. The van der Waals surface area contributed by atoms with Crippen LogP contribution in [0.15, 0.2) is 42.5 Å². The van der Waals surface area contributed by atoms with Crippen LogP contribution in [0.3, 0.4) is 0 Å². The van der Waals surface area contributed by atoms with Crippen LogP contribution in [-0.2, 0) is 4.74 Å². The van der Waals surface area contributed by atoms with Gasteiger partial charge in [-0.15, -0.1) is 0 Å². The second-order valence-corrected chi connectivity index (χ2v) is 3.55. The summed E-state index contributed by atoms with van der Waals surface area (Å²) >= 11 is 0. The first-order chi connectivity index (χ1) is 8.29. The Hall–Kier alpha value is -2.07. The minimum atomic E-state index is -0.561. The molecule has 2 N–H and O–H groups in total. The first-order valence-electron chi connectivity index (χ1n) is 5.33.